The fraction of sp³-hybridized carbons (Fsp3) is 0.692. The Morgan fingerprint density at radius 1 is 1.61 bits per heavy atom. The van der Waals surface area contributed by atoms with E-state index in [1.807, 2.05) is 13.1 Å². The van der Waals surface area contributed by atoms with Gasteiger partial charge in [-0.15, -0.1) is 0 Å². The van der Waals surface area contributed by atoms with Gasteiger partial charge < -0.3 is 10.6 Å². The Hall–Kier alpha value is -1.36. The normalized spacial score (nSPS) is 19.7. The highest BCUT2D eigenvalue weighted by molar-refractivity contribution is 5.78. The Bertz CT molecular complexity index is 382. The molecular weight excluding hydrogens is 228 g/mol. The third-order valence-corrected chi connectivity index (χ3v) is 3.52. The summed E-state index contributed by atoms with van der Waals surface area (Å²) in [4.78, 5) is 11.9. The lowest BCUT2D eigenvalue weighted by molar-refractivity contribution is -0.125. The average molecular weight is 250 g/mol. The van der Waals surface area contributed by atoms with E-state index < -0.39 is 0 Å². The summed E-state index contributed by atoms with van der Waals surface area (Å²) in [5.41, 5.74) is 2.36. The first-order valence-corrected chi connectivity index (χ1v) is 6.74. The van der Waals surface area contributed by atoms with Gasteiger partial charge in [-0.2, -0.15) is 5.10 Å². The lowest BCUT2D eigenvalue weighted by atomic mass is 9.99. The van der Waals surface area contributed by atoms with Gasteiger partial charge in [-0.1, -0.05) is 0 Å². The number of nitrogens with one attached hydrogen (secondary N) is 3. The van der Waals surface area contributed by atoms with E-state index in [4.69, 9.17) is 0 Å². The van der Waals surface area contributed by atoms with Crippen LogP contribution in [0.2, 0.25) is 0 Å². The van der Waals surface area contributed by atoms with Crippen LogP contribution in [0.1, 0.15) is 30.5 Å². The van der Waals surface area contributed by atoms with Crippen LogP contribution in [0.15, 0.2) is 6.20 Å². The molecule has 5 nitrogen and oxygen atoms in total. The lowest BCUT2D eigenvalue weighted by Crippen LogP contribution is -2.40. The quantitative estimate of drug-likeness (QED) is 0.676. The maximum Gasteiger partial charge on any atom is 0.224 e. The SMILES string of the molecule is Cc1[nH]ncc1CCCNC(=O)[C@H]1CCCNC1. The predicted octanol–water partition coefficient (Wildman–Crippen LogP) is 0.767. The molecule has 1 saturated heterocycles. The van der Waals surface area contributed by atoms with Crippen LogP contribution in [0, 0.1) is 12.8 Å². The Kier molecular flexibility index (Phi) is 4.75. The summed E-state index contributed by atoms with van der Waals surface area (Å²) in [5, 5.41) is 13.2. The summed E-state index contributed by atoms with van der Waals surface area (Å²) in [5.74, 6) is 0.362. The molecule has 18 heavy (non-hydrogen) atoms. The first kappa shape index (κ1) is 13.1. The third-order valence-electron chi connectivity index (χ3n) is 3.52. The number of hydrogen-bond donors (Lipinski definition) is 3. The highest BCUT2D eigenvalue weighted by Crippen LogP contribution is 2.10. The molecule has 1 aliphatic rings. The molecule has 1 amide bonds. The molecule has 5 heteroatoms. The zero-order valence-electron chi connectivity index (χ0n) is 11.0. The minimum atomic E-state index is 0.161. The minimum Gasteiger partial charge on any atom is -0.356 e. The first-order chi connectivity index (χ1) is 8.77. The Labute approximate surface area is 108 Å². The number of aromatic nitrogens is 2. The van der Waals surface area contributed by atoms with Crippen molar-refractivity contribution in [2.24, 2.45) is 5.92 Å². The van der Waals surface area contributed by atoms with Crippen LogP contribution in [-0.2, 0) is 11.2 Å². The molecule has 1 aromatic rings. The van der Waals surface area contributed by atoms with Crippen LogP contribution >= 0.6 is 0 Å². The standard InChI is InChI=1S/C13H22N4O/c1-10-11(9-16-17-10)4-3-7-15-13(18)12-5-2-6-14-8-12/h9,12,14H,2-8H2,1H3,(H,15,18)(H,16,17)/t12-/m0/s1. The van der Waals surface area contributed by atoms with Crippen molar-refractivity contribution in [3.8, 4) is 0 Å². The van der Waals surface area contributed by atoms with Crippen molar-refractivity contribution in [1.82, 2.24) is 20.8 Å². The number of H-pyrrole nitrogens is 1. The number of aryl methyl sites for hydroxylation is 2. The number of hydrogen-bond acceptors (Lipinski definition) is 3. The van der Waals surface area contributed by atoms with Gasteiger partial charge in [0.2, 0.25) is 5.91 Å². The maximum absolute atomic E-state index is 11.9. The molecule has 1 atom stereocenters. The van der Waals surface area contributed by atoms with Gasteiger partial charge in [0.05, 0.1) is 12.1 Å². The Balaban J connectivity index is 1.63. The van der Waals surface area contributed by atoms with Crippen molar-refractivity contribution in [2.45, 2.75) is 32.6 Å². The van der Waals surface area contributed by atoms with E-state index in [0.717, 1.165) is 51.0 Å². The van der Waals surface area contributed by atoms with Gasteiger partial charge in [0.15, 0.2) is 0 Å². The largest absolute Gasteiger partial charge is 0.356 e. The summed E-state index contributed by atoms with van der Waals surface area (Å²) in [6.45, 7) is 4.64. The monoisotopic (exact) mass is 250 g/mol. The minimum absolute atomic E-state index is 0.161. The van der Waals surface area contributed by atoms with Crippen LogP contribution < -0.4 is 10.6 Å². The Morgan fingerprint density at radius 2 is 2.50 bits per heavy atom. The van der Waals surface area contributed by atoms with Gasteiger partial charge in [-0.05, 0) is 44.7 Å². The molecule has 0 radical (unpaired) electrons. The van der Waals surface area contributed by atoms with Crippen LogP contribution in [0.25, 0.3) is 0 Å². The molecule has 0 bridgehead atoms. The summed E-state index contributed by atoms with van der Waals surface area (Å²) in [7, 11) is 0. The lowest BCUT2D eigenvalue weighted by Gasteiger charge is -2.21. The number of piperidine rings is 1. The molecule has 1 aromatic heterocycles. The van der Waals surface area contributed by atoms with Gasteiger partial charge >= 0.3 is 0 Å². The van der Waals surface area contributed by atoms with Crippen LogP contribution in [0.3, 0.4) is 0 Å². The van der Waals surface area contributed by atoms with Crippen molar-refractivity contribution in [3.05, 3.63) is 17.5 Å². The average Bonchev–Trinajstić information content (AvgIpc) is 2.81. The topological polar surface area (TPSA) is 69.8 Å². The van der Waals surface area contributed by atoms with Crippen LogP contribution in [0.4, 0.5) is 0 Å². The van der Waals surface area contributed by atoms with Crippen molar-refractivity contribution in [1.29, 1.82) is 0 Å². The molecule has 0 saturated carbocycles. The molecule has 1 aliphatic heterocycles. The molecule has 0 aliphatic carbocycles. The summed E-state index contributed by atoms with van der Waals surface area (Å²) in [6.07, 6.45) is 5.91. The smallest absolute Gasteiger partial charge is 0.224 e. The molecular formula is C13H22N4O. The van der Waals surface area contributed by atoms with E-state index in [2.05, 4.69) is 20.8 Å². The number of carbonyl (C=O) groups is 1. The Morgan fingerprint density at radius 3 is 3.17 bits per heavy atom. The van der Waals surface area contributed by atoms with Crippen LogP contribution in [-0.4, -0.2) is 35.7 Å². The second-order valence-corrected chi connectivity index (χ2v) is 4.96. The molecule has 0 aromatic carbocycles. The van der Waals surface area contributed by atoms with Gasteiger partial charge in [0.25, 0.3) is 0 Å². The first-order valence-electron chi connectivity index (χ1n) is 6.74. The van der Waals surface area contributed by atoms with E-state index in [-0.39, 0.29) is 11.8 Å². The maximum atomic E-state index is 11.9. The molecule has 3 N–H and O–H groups in total. The van der Waals surface area contributed by atoms with E-state index in [9.17, 15) is 4.79 Å². The fourth-order valence-electron chi connectivity index (χ4n) is 2.34. The van der Waals surface area contributed by atoms with Crippen LogP contribution in [0.5, 0.6) is 0 Å². The fourth-order valence-corrected chi connectivity index (χ4v) is 2.34. The zero-order chi connectivity index (χ0) is 12.8. The van der Waals surface area contributed by atoms with Crippen molar-refractivity contribution in [2.75, 3.05) is 19.6 Å². The highest BCUT2D eigenvalue weighted by atomic mass is 16.1. The number of rotatable bonds is 5. The molecule has 0 spiro atoms. The molecule has 0 unspecified atom stereocenters. The predicted molar refractivity (Wildman–Crippen MR) is 70.2 cm³/mol. The summed E-state index contributed by atoms with van der Waals surface area (Å²) < 4.78 is 0. The zero-order valence-corrected chi connectivity index (χ0v) is 11.0. The number of carbonyl (C=O) groups excluding carboxylic acids is 1. The van der Waals surface area contributed by atoms with Gasteiger partial charge in [-0.3, -0.25) is 9.89 Å². The van der Waals surface area contributed by atoms with E-state index in [0.29, 0.717) is 0 Å². The van der Waals surface area contributed by atoms with Crippen molar-refractivity contribution < 1.29 is 4.79 Å². The second-order valence-electron chi connectivity index (χ2n) is 4.96. The molecule has 100 valence electrons. The molecule has 1 fully saturated rings. The molecule has 2 heterocycles. The summed E-state index contributed by atoms with van der Waals surface area (Å²) >= 11 is 0. The van der Waals surface area contributed by atoms with Gasteiger partial charge in [0, 0.05) is 18.8 Å². The number of nitrogens with zero attached hydrogens (tertiary/aromatic N) is 1. The third kappa shape index (κ3) is 3.57. The highest BCUT2D eigenvalue weighted by Gasteiger charge is 2.19. The van der Waals surface area contributed by atoms with E-state index in [1.165, 1.54) is 5.56 Å². The van der Waals surface area contributed by atoms with Crippen molar-refractivity contribution in [3.63, 3.8) is 0 Å². The van der Waals surface area contributed by atoms with E-state index in [1.54, 1.807) is 0 Å². The summed E-state index contributed by atoms with van der Waals surface area (Å²) in [6, 6.07) is 0. The molecule has 2 rings (SSSR count). The number of aromatic amines is 1. The van der Waals surface area contributed by atoms with Crippen molar-refractivity contribution >= 4 is 5.91 Å². The van der Waals surface area contributed by atoms with Gasteiger partial charge in [0.1, 0.15) is 0 Å². The number of amides is 1. The second kappa shape index (κ2) is 6.54. The van der Waals surface area contributed by atoms with E-state index >= 15 is 0 Å². The van der Waals surface area contributed by atoms with Gasteiger partial charge in [-0.25, -0.2) is 0 Å².